The van der Waals surface area contributed by atoms with Crippen molar-refractivity contribution in [1.82, 2.24) is 0 Å². The highest BCUT2D eigenvalue weighted by atomic mass is 16.5. The topological polar surface area (TPSA) is 9.23 Å². The van der Waals surface area contributed by atoms with Gasteiger partial charge in [-0.2, -0.15) is 0 Å². The molecule has 10 atom stereocenters. The van der Waals surface area contributed by atoms with Crippen LogP contribution in [0.25, 0.3) is 5.57 Å². The fourth-order valence-corrected chi connectivity index (χ4v) is 11.7. The third-order valence-electron chi connectivity index (χ3n) is 13.5. The molecule has 5 aliphatic rings. The molecule has 0 aromatic heterocycles. The summed E-state index contributed by atoms with van der Waals surface area (Å²) in [5, 5.41) is 0. The summed E-state index contributed by atoms with van der Waals surface area (Å²) in [6, 6.07) is 22.0. The number of methoxy groups -OCH3 is 1. The number of ether oxygens (including phenoxy) is 1. The van der Waals surface area contributed by atoms with Gasteiger partial charge in [0, 0.05) is 12.5 Å². The van der Waals surface area contributed by atoms with Gasteiger partial charge in [0.15, 0.2) is 0 Å². The van der Waals surface area contributed by atoms with Crippen molar-refractivity contribution in [2.24, 2.45) is 51.8 Å². The Morgan fingerprint density at radius 1 is 0.895 bits per heavy atom. The summed E-state index contributed by atoms with van der Waals surface area (Å²) in [5.41, 5.74) is 5.65. The van der Waals surface area contributed by atoms with Crippen LogP contribution in [0.4, 0.5) is 0 Å². The third kappa shape index (κ3) is 3.46. The molecule has 10 unspecified atom stereocenters. The van der Waals surface area contributed by atoms with E-state index in [0.29, 0.717) is 28.3 Å². The van der Waals surface area contributed by atoms with Crippen molar-refractivity contribution in [1.29, 1.82) is 0 Å². The van der Waals surface area contributed by atoms with Crippen molar-refractivity contribution in [3.63, 3.8) is 0 Å². The van der Waals surface area contributed by atoms with Crippen LogP contribution in [0.2, 0.25) is 0 Å². The first kappa shape index (κ1) is 25.1. The maximum Gasteiger partial charge on any atom is 0.0638 e. The molecule has 38 heavy (non-hydrogen) atoms. The minimum absolute atomic E-state index is 0.495. The minimum Gasteiger partial charge on any atom is -0.381 e. The van der Waals surface area contributed by atoms with Gasteiger partial charge < -0.3 is 4.74 Å². The lowest BCUT2D eigenvalue weighted by molar-refractivity contribution is -0.161. The molecule has 5 saturated carbocycles. The Morgan fingerprint density at radius 3 is 2.21 bits per heavy atom. The van der Waals surface area contributed by atoms with Crippen LogP contribution in [0.1, 0.15) is 89.7 Å². The molecule has 0 saturated heterocycles. The standard InChI is InChI=1S/C37H48O/c1-25(15-16-29(26-11-7-5-8-12-26)27-13-9-6-10-14-27)31-17-18-32-30-23-34(38-4)37-24-28(37)19-22-36(37,3)33(30)20-21-35(31,32)2/h5-14,16,25,28,30-34H,15,17-24H2,1-4H3. The molecule has 202 valence electrons. The Labute approximate surface area is 231 Å². The van der Waals surface area contributed by atoms with E-state index in [1.54, 1.807) is 0 Å². The molecule has 0 N–H and O–H groups in total. The molecule has 5 aliphatic carbocycles. The average molecular weight is 509 g/mol. The van der Waals surface area contributed by atoms with Crippen LogP contribution in [-0.4, -0.2) is 13.2 Å². The van der Waals surface area contributed by atoms with Crippen LogP contribution < -0.4 is 0 Å². The van der Waals surface area contributed by atoms with Crippen LogP contribution in [0.5, 0.6) is 0 Å². The van der Waals surface area contributed by atoms with Gasteiger partial charge in [-0.25, -0.2) is 0 Å². The van der Waals surface area contributed by atoms with Gasteiger partial charge in [0.1, 0.15) is 0 Å². The summed E-state index contributed by atoms with van der Waals surface area (Å²) < 4.78 is 6.36. The fourth-order valence-electron chi connectivity index (χ4n) is 11.7. The molecule has 1 nitrogen and oxygen atoms in total. The maximum atomic E-state index is 6.36. The zero-order chi connectivity index (χ0) is 26.1. The highest BCUT2D eigenvalue weighted by Crippen LogP contribution is 2.82. The van der Waals surface area contributed by atoms with E-state index in [-0.39, 0.29) is 0 Å². The van der Waals surface area contributed by atoms with Gasteiger partial charge in [-0.05, 0) is 121 Å². The van der Waals surface area contributed by atoms with Gasteiger partial charge >= 0.3 is 0 Å². The lowest BCUT2D eigenvalue weighted by Crippen LogP contribution is -2.57. The van der Waals surface area contributed by atoms with Crippen molar-refractivity contribution in [2.75, 3.05) is 7.11 Å². The van der Waals surface area contributed by atoms with Crippen LogP contribution >= 0.6 is 0 Å². The molecule has 0 radical (unpaired) electrons. The first-order valence-corrected chi connectivity index (χ1v) is 15.8. The monoisotopic (exact) mass is 508 g/mol. The van der Waals surface area contributed by atoms with E-state index in [4.69, 9.17) is 4.74 Å². The lowest BCUT2D eigenvalue weighted by atomic mass is 9.45. The van der Waals surface area contributed by atoms with E-state index in [9.17, 15) is 0 Å². The first-order chi connectivity index (χ1) is 18.4. The van der Waals surface area contributed by atoms with Gasteiger partial charge in [-0.3, -0.25) is 0 Å². The fraction of sp³-hybridized carbons (Fsp3) is 0.622. The number of rotatable bonds is 6. The molecule has 0 bridgehead atoms. The van der Waals surface area contributed by atoms with E-state index in [0.717, 1.165) is 29.6 Å². The van der Waals surface area contributed by atoms with Gasteiger partial charge in [0.05, 0.1) is 6.10 Å². The zero-order valence-corrected chi connectivity index (χ0v) is 24.2. The summed E-state index contributed by atoms with van der Waals surface area (Å²) in [4.78, 5) is 0. The van der Waals surface area contributed by atoms with Crippen LogP contribution in [0.3, 0.4) is 0 Å². The molecule has 2 aromatic carbocycles. The molecular weight excluding hydrogens is 460 g/mol. The number of allylic oxidation sites excluding steroid dienone is 1. The van der Waals surface area contributed by atoms with Crippen molar-refractivity contribution in [3.05, 3.63) is 77.9 Å². The normalized spacial score (nSPS) is 43.4. The van der Waals surface area contributed by atoms with Crippen LogP contribution in [-0.2, 0) is 4.74 Å². The van der Waals surface area contributed by atoms with Gasteiger partial charge in [0.25, 0.3) is 0 Å². The third-order valence-corrected chi connectivity index (χ3v) is 13.5. The van der Waals surface area contributed by atoms with E-state index in [1.165, 1.54) is 74.5 Å². The van der Waals surface area contributed by atoms with E-state index >= 15 is 0 Å². The Hall–Kier alpha value is -1.86. The highest BCUT2D eigenvalue weighted by molar-refractivity contribution is 5.79. The zero-order valence-electron chi connectivity index (χ0n) is 24.2. The molecule has 0 aliphatic heterocycles. The lowest BCUT2D eigenvalue weighted by Gasteiger charge is -2.61. The van der Waals surface area contributed by atoms with Gasteiger partial charge in [-0.1, -0.05) is 87.5 Å². The van der Waals surface area contributed by atoms with Crippen molar-refractivity contribution < 1.29 is 4.74 Å². The molecule has 7 rings (SSSR count). The highest BCUT2D eigenvalue weighted by Gasteiger charge is 2.77. The van der Waals surface area contributed by atoms with Gasteiger partial charge in [-0.15, -0.1) is 0 Å². The smallest absolute Gasteiger partial charge is 0.0638 e. The van der Waals surface area contributed by atoms with E-state index < -0.39 is 0 Å². The SMILES string of the molecule is COC1CC2C3CCC(C(C)CC=C(c4ccccc4)c4ccccc4)C3(C)CCC2C2(C)CCC3CC312. The predicted molar refractivity (Wildman–Crippen MR) is 158 cm³/mol. The van der Waals surface area contributed by atoms with E-state index in [1.807, 2.05) is 7.11 Å². The van der Waals surface area contributed by atoms with Crippen molar-refractivity contribution in [2.45, 2.75) is 84.7 Å². The largest absolute Gasteiger partial charge is 0.381 e. The number of hydrogen-bond acceptors (Lipinski definition) is 1. The van der Waals surface area contributed by atoms with Crippen molar-refractivity contribution in [3.8, 4) is 0 Å². The minimum atomic E-state index is 0.495. The second kappa shape index (κ2) is 9.09. The molecule has 0 heterocycles. The first-order valence-electron chi connectivity index (χ1n) is 15.8. The summed E-state index contributed by atoms with van der Waals surface area (Å²) >= 11 is 0. The summed E-state index contributed by atoms with van der Waals surface area (Å²) in [6.45, 7) is 7.99. The molecule has 5 fully saturated rings. The number of benzene rings is 2. The van der Waals surface area contributed by atoms with Crippen LogP contribution in [0.15, 0.2) is 66.7 Å². The second-order valence-electron chi connectivity index (χ2n) is 14.5. The summed E-state index contributed by atoms with van der Waals surface area (Å²) in [6.07, 6.45) is 15.8. The van der Waals surface area contributed by atoms with Gasteiger partial charge in [0.2, 0.25) is 0 Å². The molecular formula is C37H48O. The number of hydrogen-bond donors (Lipinski definition) is 0. The average Bonchev–Trinajstić information content (AvgIpc) is 3.45. The molecule has 1 heteroatoms. The Bertz CT molecular complexity index is 1140. The Morgan fingerprint density at radius 2 is 1.58 bits per heavy atom. The Balaban J connectivity index is 1.14. The molecule has 1 spiro atoms. The summed E-state index contributed by atoms with van der Waals surface area (Å²) in [7, 11) is 2.03. The molecule has 2 aromatic rings. The predicted octanol–water partition coefficient (Wildman–Crippen LogP) is 9.43. The van der Waals surface area contributed by atoms with Crippen LogP contribution in [0, 0.1) is 51.8 Å². The Kier molecular flexibility index (Phi) is 6.01. The maximum absolute atomic E-state index is 6.36. The summed E-state index contributed by atoms with van der Waals surface area (Å²) in [5.74, 6) is 5.23. The van der Waals surface area contributed by atoms with Crippen molar-refractivity contribution >= 4 is 5.57 Å². The number of fused-ring (bicyclic) bond motifs is 4. The van der Waals surface area contributed by atoms with E-state index in [2.05, 4.69) is 87.5 Å². The quantitative estimate of drug-likeness (QED) is 0.377. The second-order valence-corrected chi connectivity index (χ2v) is 14.5. The molecule has 0 amide bonds.